The van der Waals surface area contributed by atoms with Gasteiger partial charge in [0.05, 0.1) is 29.4 Å². The lowest BCUT2D eigenvalue weighted by atomic mass is 9.75. The van der Waals surface area contributed by atoms with Gasteiger partial charge in [-0.05, 0) is 36.1 Å². The summed E-state index contributed by atoms with van der Waals surface area (Å²) in [6.07, 6.45) is 0.103. The quantitative estimate of drug-likeness (QED) is 0.628. The third-order valence-corrected chi connectivity index (χ3v) is 5.56. The number of ether oxygens (including phenoxy) is 1. The molecule has 0 amide bonds. The minimum atomic E-state index is -4.42. The molecule has 2 aromatic rings. The molecule has 3 atom stereocenters. The van der Waals surface area contributed by atoms with Gasteiger partial charge in [0.25, 0.3) is 0 Å². The van der Waals surface area contributed by atoms with E-state index in [1.165, 1.54) is 6.07 Å². The number of nitrogens with one attached hydrogen (secondary N) is 1. The predicted molar refractivity (Wildman–Crippen MR) is 95.8 cm³/mol. The number of fused-ring (bicyclic) bond motifs is 3. The van der Waals surface area contributed by atoms with Gasteiger partial charge in [-0.25, -0.2) is 0 Å². The Bertz CT molecular complexity index is 878. The molecule has 4 rings (SSSR count). The number of methoxy groups -OCH3 is 1. The van der Waals surface area contributed by atoms with Crippen LogP contribution in [-0.2, 0) is 6.18 Å². The van der Waals surface area contributed by atoms with Gasteiger partial charge in [-0.2, -0.15) is 13.2 Å². The second-order valence-corrected chi connectivity index (χ2v) is 7.01. The van der Waals surface area contributed by atoms with Crippen LogP contribution in [0.3, 0.4) is 0 Å². The van der Waals surface area contributed by atoms with Crippen LogP contribution in [0.5, 0.6) is 5.75 Å². The highest BCUT2D eigenvalue weighted by Gasteiger charge is 2.45. The topological polar surface area (TPSA) is 21.3 Å². The molecule has 1 aliphatic heterocycles. The number of para-hydroxylation sites is 1. The van der Waals surface area contributed by atoms with Crippen molar-refractivity contribution in [2.45, 2.75) is 24.6 Å². The Labute approximate surface area is 154 Å². The minimum Gasteiger partial charge on any atom is -0.496 e. The van der Waals surface area contributed by atoms with Gasteiger partial charge in [0.15, 0.2) is 0 Å². The van der Waals surface area contributed by atoms with Crippen molar-refractivity contribution < 1.29 is 17.9 Å². The number of hydrogen-bond donors (Lipinski definition) is 1. The van der Waals surface area contributed by atoms with E-state index < -0.39 is 11.7 Å². The van der Waals surface area contributed by atoms with Crippen molar-refractivity contribution in [1.82, 2.24) is 0 Å². The maximum Gasteiger partial charge on any atom is 0.416 e. The van der Waals surface area contributed by atoms with Crippen LogP contribution in [-0.4, -0.2) is 7.11 Å². The zero-order valence-electron chi connectivity index (χ0n) is 14.0. The van der Waals surface area contributed by atoms with Crippen molar-refractivity contribution in [3.8, 4) is 5.75 Å². The van der Waals surface area contributed by atoms with Crippen LogP contribution in [0.25, 0.3) is 0 Å². The molecule has 136 valence electrons. The molecule has 2 aliphatic rings. The van der Waals surface area contributed by atoms with Crippen LogP contribution in [0.2, 0.25) is 5.02 Å². The fraction of sp³-hybridized carbons (Fsp3) is 0.300. The number of allylic oxidation sites excluding steroid dienone is 2. The van der Waals surface area contributed by atoms with E-state index in [0.717, 1.165) is 11.6 Å². The molecule has 0 bridgehead atoms. The fourth-order valence-electron chi connectivity index (χ4n) is 4.15. The molecule has 1 aliphatic carbocycles. The standard InChI is InChI=1S/C20H17ClF3NO/c1-26-16-8-3-2-5-13(16)18-12-7-4-6-11(12)17-14(20(22,23)24)9-10-15(21)19(17)25-18/h2-6,8-12,18,25H,7H2,1H3/t11-,12+,18-/m0/s1. The summed E-state index contributed by atoms with van der Waals surface area (Å²) in [5.74, 6) is 0.344. The molecule has 0 saturated carbocycles. The van der Waals surface area contributed by atoms with Gasteiger partial charge in [0.2, 0.25) is 0 Å². The number of alkyl halides is 3. The summed E-state index contributed by atoms with van der Waals surface area (Å²) in [5, 5.41) is 3.59. The van der Waals surface area contributed by atoms with Crippen LogP contribution in [0.4, 0.5) is 18.9 Å². The summed E-state index contributed by atoms with van der Waals surface area (Å²) in [5.41, 5.74) is 0.914. The van der Waals surface area contributed by atoms with Crippen LogP contribution in [0.1, 0.15) is 35.1 Å². The van der Waals surface area contributed by atoms with Gasteiger partial charge in [-0.3, -0.25) is 0 Å². The van der Waals surface area contributed by atoms with Crippen molar-refractivity contribution in [1.29, 1.82) is 0 Å². The summed E-state index contributed by atoms with van der Waals surface area (Å²) in [6.45, 7) is 0. The van der Waals surface area contributed by atoms with E-state index in [-0.39, 0.29) is 23.4 Å². The first kappa shape index (κ1) is 17.3. The van der Waals surface area contributed by atoms with Crippen LogP contribution >= 0.6 is 11.6 Å². The monoisotopic (exact) mass is 379 g/mol. The van der Waals surface area contributed by atoms with Gasteiger partial charge in [-0.15, -0.1) is 0 Å². The van der Waals surface area contributed by atoms with E-state index in [1.54, 1.807) is 7.11 Å². The molecular formula is C20H17ClF3NO. The number of rotatable bonds is 2. The van der Waals surface area contributed by atoms with E-state index >= 15 is 0 Å². The summed E-state index contributed by atoms with van der Waals surface area (Å²) >= 11 is 6.30. The van der Waals surface area contributed by atoms with Gasteiger partial charge in [0.1, 0.15) is 5.75 Å². The Morgan fingerprint density at radius 2 is 1.92 bits per heavy atom. The molecule has 2 aromatic carbocycles. The van der Waals surface area contributed by atoms with Crippen LogP contribution < -0.4 is 10.1 Å². The van der Waals surface area contributed by atoms with Crippen molar-refractivity contribution >= 4 is 17.3 Å². The molecule has 1 heterocycles. The van der Waals surface area contributed by atoms with Crippen molar-refractivity contribution in [3.63, 3.8) is 0 Å². The Balaban J connectivity index is 1.89. The second-order valence-electron chi connectivity index (χ2n) is 6.60. The first-order valence-corrected chi connectivity index (χ1v) is 8.75. The summed E-state index contributed by atoms with van der Waals surface area (Å²) < 4.78 is 46.2. The summed E-state index contributed by atoms with van der Waals surface area (Å²) in [7, 11) is 1.59. The number of anilines is 1. The molecule has 2 nitrogen and oxygen atoms in total. The van der Waals surface area contributed by atoms with Gasteiger partial charge in [-0.1, -0.05) is 42.0 Å². The predicted octanol–water partition coefficient (Wildman–Crippen LogP) is 6.19. The van der Waals surface area contributed by atoms with Gasteiger partial charge >= 0.3 is 6.18 Å². The van der Waals surface area contributed by atoms with Crippen LogP contribution in [0.15, 0.2) is 48.6 Å². The Kier molecular flexibility index (Phi) is 4.14. The molecule has 0 aromatic heterocycles. The maximum atomic E-state index is 13.6. The Morgan fingerprint density at radius 1 is 1.15 bits per heavy atom. The molecule has 6 heteroatoms. The molecule has 0 fully saturated rings. The van der Waals surface area contributed by atoms with E-state index in [4.69, 9.17) is 16.3 Å². The normalized spacial score (nSPS) is 24.0. The van der Waals surface area contributed by atoms with Gasteiger partial charge < -0.3 is 10.1 Å². The maximum absolute atomic E-state index is 13.6. The van der Waals surface area contributed by atoms with E-state index in [9.17, 15) is 13.2 Å². The zero-order valence-corrected chi connectivity index (χ0v) is 14.7. The largest absolute Gasteiger partial charge is 0.496 e. The highest BCUT2D eigenvalue weighted by atomic mass is 35.5. The minimum absolute atomic E-state index is 0.0293. The van der Waals surface area contributed by atoms with E-state index in [2.05, 4.69) is 5.32 Å². The number of benzene rings is 2. The molecule has 0 saturated heterocycles. The van der Waals surface area contributed by atoms with Gasteiger partial charge in [0, 0.05) is 11.5 Å². The first-order chi connectivity index (χ1) is 12.4. The SMILES string of the molecule is COc1ccccc1[C@H]1Nc2c(Cl)ccc(C(F)(F)F)c2[C@H]2C=CC[C@H]21. The highest BCUT2D eigenvalue weighted by molar-refractivity contribution is 6.33. The lowest BCUT2D eigenvalue weighted by molar-refractivity contribution is -0.138. The summed E-state index contributed by atoms with van der Waals surface area (Å²) in [4.78, 5) is 0. The molecule has 0 unspecified atom stereocenters. The average Bonchev–Trinajstić information content (AvgIpc) is 3.10. The van der Waals surface area contributed by atoms with Crippen molar-refractivity contribution in [2.75, 3.05) is 12.4 Å². The molecular weight excluding hydrogens is 363 g/mol. The number of halogens is 4. The Morgan fingerprint density at radius 3 is 2.65 bits per heavy atom. The lowest BCUT2D eigenvalue weighted by Gasteiger charge is -2.39. The third-order valence-electron chi connectivity index (χ3n) is 5.25. The van der Waals surface area contributed by atoms with Crippen LogP contribution in [0, 0.1) is 5.92 Å². The van der Waals surface area contributed by atoms with E-state index in [1.807, 2.05) is 36.4 Å². The summed E-state index contributed by atoms with van der Waals surface area (Å²) in [6, 6.07) is 9.79. The number of hydrogen-bond acceptors (Lipinski definition) is 2. The highest BCUT2D eigenvalue weighted by Crippen LogP contribution is 2.55. The molecule has 1 N–H and O–H groups in total. The van der Waals surface area contributed by atoms with Crippen molar-refractivity contribution in [3.05, 3.63) is 70.3 Å². The zero-order chi connectivity index (χ0) is 18.5. The second kappa shape index (κ2) is 6.23. The first-order valence-electron chi connectivity index (χ1n) is 8.37. The molecule has 0 radical (unpaired) electrons. The fourth-order valence-corrected chi connectivity index (χ4v) is 4.37. The Hall–Kier alpha value is -2.14. The lowest BCUT2D eigenvalue weighted by Crippen LogP contribution is -2.31. The molecule has 0 spiro atoms. The van der Waals surface area contributed by atoms with E-state index in [0.29, 0.717) is 22.9 Å². The third kappa shape index (κ3) is 2.65. The molecule has 26 heavy (non-hydrogen) atoms. The smallest absolute Gasteiger partial charge is 0.416 e. The average molecular weight is 380 g/mol. The van der Waals surface area contributed by atoms with Crippen molar-refractivity contribution in [2.24, 2.45) is 5.92 Å².